The van der Waals surface area contributed by atoms with Crippen molar-refractivity contribution in [3.8, 4) is 12.3 Å². The largest absolute Gasteiger partial charge is 0.464 e. The maximum atomic E-state index is 11.2. The van der Waals surface area contributed by atoms with E-state index < -0.39 is 17.7 Å². The van der Waals surface area contributed by atoms with E-state index in [0.717, 1.165) is 12.8 Å². The predicted octanol–water partition coefficient (Wildman–Crippen LogP) is 1.86. The number of rotatable bonds is 6. The first-order chi connectivity index (χ1) is 8.35. The minimum absolute atomic E-state index is 0.190. The lowest BCUT2D eigenvalue weighted by atomic mass is 10.2. The van der Waals surface area contributed by atoms with E-state index in [9.17, 15) is 9.59 Å². The van der Waals surface area contributed by atoms with Crippen LogP contribution in [0, 0.1) is 12.3 Å². The fourth-order valence-electron chi connectivity index (χ4n) is 1.02. The molecule has 102 valence electrons. The highest BCUT2D eigenvalue weighted by atomic mass is 16.6. The van der Waals surface area contributed by atoms with Crippen LogP contribution in [-0.4, -0.2) is 30.8 Å². The maximum Gasteiger partial charge on any atom is 0.408 e. The number of carbonyl (C=O) groups is 2. The van der Waals surface area contributed by atoms with Crippen LogP contribution in [0.5, 0.6) is 0 Å². The van der Waals surface area contributed by atoms with Crippen LogP contribution in [0.15, 0.2) is 0 Å². The number of amides is 1. The summed E-state index contributed by atoms with van der Waals surface area (Å²) in [4.78, 5) is 22.4. The molecule has 5 heteroatoms. The minimum atomic E-state index is -0.633. The quantitative estimate of drug-likeness (QED) is 0.447. The molecule has 0 saturated heterocycles. The standard InChI is InChI=1S/C13H21NO4/c1-5-6-7-8-9-17-11(15)10-14-12(16)18-13(2,3)4/h1H,6-10H2,2-4H3,(H,14,16). The molecule has 0 saturated carbocycles. The Morgan fingerprint density at radius 3 is 2.50 bits per heavy atom. The molecule has 0 aliphatic rings. The van der Waals surface area contributed by atoms with E-state index in [-0.39, 0.29) is 6.54 Å². The highest BCUT2D eigenvalue weighted by Gasteiger charge is 2.16. The van der Waals surface area contributed by atoms with E-state index in [1.807, 2.05) is 0 Å². The summed E-state index contributed by atoms with van der Waals surface area (Å²) in [7, 11) is 0. The van der Waals surface area contributed by atoms with Crippen molar-refractivity contribution >= 4 is 12.1 Å². The van der Waals surface area contributed by atoms with E-state index in [0.29, 0.717) is 13.0 Å². The molecule has 0 aromatic carbocycles. The first-order valence-corrected chi connectivity index (χ1v) is 5.91. The van der Waals surface area contributed by atoms with Gasteiger partial charge in [0.2, 0.25) is 0 Å². The molecule has 0 radical (unpaired) electrons. The van der Waals surface area contributed by atoms with Gasteiger partial charge in [0.1, 0.15) is 12.1 Å². The summed E-state index contributed by atoms with van der Waals surface area (Å²) >= 11 is 0. The van der Waals surface area contributed by atoms with E-state index in [2.05, 4.69) is 11.2 Å². The second kappa shape index (κ2) is 8.40. The van der Waals surface area contributed by atoms with Crippen molar-refractivity contribution in [1.29, 1.82) is 0 Å². The normalized spacial score (nSPS) is 10.3. The summed E-state index contributed by atoms with van der Waals surface area (Å²) < 4.78 is 9.86. The highest BCUT2D eigenvalue weighted by Crippen LogP contribution is 2.06. The van der Waals surface area contributed by atoms with Crippen LogP contribution in [0.3, 0.4) is 0 Å². The molecule has 0 aromatic rings. The van der Waals surface area contributed by atoms with Gasteiger partial charge >= 0.3 is 12.1 Å². The van der Waals surface area contributed by atoms with Crippen LogP contribution < -0.4 is 5.32 Å². The van der Waals surface area contributed by atoms with Crippen LogP contribution in [0.25, 0.3) is 0 Å². The molecule has 0 spiro atoms. The van der Waals surface area contributed by atoms with Crippen molar-refractivity contribution in [2.45, 2.75) is 45.6 Å². The van der Waals surface area contributed by atoms with Crippen molar-refractivity contribution in [2.24, 2.45) is 0 Å². The third kappa shape index (κ3) is 10.8. The lowest BCUT2D eigenvalue weighted by molar-refractivity contribution is -0.142. The van der Waals surface area contributed by atoms with Gasteiger partial charge in [0, 0.05) is 6.42 Å². The van der Waals surface area contributed by atoms with E-state index in [1.54, 1.807) is 20.8 Å². The summed E-state index contributed by atoms with van der Waals surface area (Å²) in [6.07, 6.45) is 6.67. The molecule has 0 aromatic heterocycles. The Kier molecular flexibility index (Phi) is 7.61. The summed E-state index contributed by atoms with van der Waals surface area (Å²) in [5.74, 6) is 2.02. The molecule has 5 nitrogen and oxygen atoms in total. The molecule has 1 N–H and O–H groups in total. The van der Waals surface area contributed by atoms with Gasteiger partial charge in [-0.2, -0.15) is 0 Å². The van der Waals surface area contributed by atoms with E-state index in [1.165, 1.54) is 0 Å². The topological polar surface area (TPSA) is 64.6 Å². The van der Waals surface area contributed by atoms with E-state index in [4.69, 9.17) is 15.9 Å². The molecule has 0 atom stereocenters. The molecular formula is C13H21NO4. The first-order valence-electron chi connectivity index (χ1n) is 5.91. The molecule has 18 heavy (non-hydrogen) atoms. The monoisotopic (exact) mass is 255 g/mol. The number of ether oxygens (including phenoxy) is 2. The van der Waals surface area contributed by atoms with Crippen molar-refractivity contribution in [2.75, 3.05) is 13.2 Å². The molecule has 0 fully saturated rings. The van der Waals surface area contributed by atoms with Crippen molar-refractivity contribution in [3.63, 3.8) is 0 Å². The van der Waals surface area contributed by atoms with Gasteiger partial charge in [0.05, 0.1) is 6.61 Å². The third-order valence-corrected chi connectivity index (χ3v) is 1.75. The summed E-state index contributed by atoms with van der Waals surface area (Å²) in [6, 6.07) is 0. The second-order valence-electron chi connectivity index (χ2n) is 4.74. The fraction of sp³-hybridized carbons (Fsp3) is 0.692. The Bertz CT molecular complexity index is 312. The SMILES string of the molecule is C#CCCCCOC(=O)CNC(=O)OC(C)(C)C. The number of hydrogen-bond donors (Lipinski definition) is 1. The summed E-state index contributed by atoms with van der Waals surface area (Å²) in [5.41, 5.74) is -0.580. The molecule has 0 heterocycles. The smallest absolute Gasteiger partial charge is 0.408 e. The van der Waals surface area contributed by atoms with Crippen LogP contribution in [-0.2, 0) is 14.3 Å². The van der Waals surface area contributed by atoms with Gasteiger partial charge in [-0.3, -0.25) is 4.79 Å². The zero-order chi connectivity index (χ0) is 14.0. The van der Waals surface area contributed by atoms with Gasteiger partial charge in [-0.05, 0) is 33.6 Å². The zero-order valence-corrected chi connectivity index (χ0v) is 11.2. The number of carbonyl (C=O) groups excluding carboxylic acids is 2. The molecule has 0 rings (SSSR count). The average molecular weight is 255 g/mol. The van der Waals surface area contributed by atoms with Gasteiger partial charge in [-0.25, -0.2) is 4.79 Å². The number of terminal acetylenes is 1. The van der Waals surface area contributed by atoms with Crippen molar-refractivity contribution in [1.82, 2.24) is 5.32 Å². The Labute approximate surface area is 108 Å². The maximum absolute atomic E-state index is 11.2. The van der Waals surface area contributed by atoms with Gasteiger partial charge in [0.25, 0.3) is 0 Å². The van der Waals surface area contributed by atoms with Crippen LogP contribution in [0.1, 0.15) is 40.0 Å². The molecule has 0 aliphatic carbocycles. The molecule has 0 aliphatic heterocycles. The summed E-state index contributed by atoms with van der Waals surface area (Å²) in [6.45, 7) is 5.36. The first kappa shape index (κ1) is 16.3. The third-order valence-electron chi connectivity index (χ3n) is 1.75. The Balaban J connectivity index is 3.59. The van der Waals surface area contributed by atoms with Gasteiger partial charge < -0.3 is 14.8 Å². The second-order valence-corrected chi connectivity index (χ2v) is 4.74. The lowest BCUT2D eigenvalue weighted by Gasteiger charge is -2.19. The van der Waals surface area contributed by atoms with E-state index >= 15 is 0 Å². The van der Waals surface area contributed by atoms with Gasteiger partial charge in [0.15, 0.2) is 0 Å². The van der Waals surface area contributed by atoms with Gasteiger partial charge in [-0.15, -0.1) is 12.3 Å². The summed E-state index contributed by atoms with van der Waals surface area (Å²) in [5, 5.41) is 2.32. The van der Waals surface area contributed by atoms with Gasteiger partial charge in [-0.1, -0.05) is 0 Å². The number of unbranched alkanes of at least 4 members (excludes halogenated alkanes) is 2. The van der Waals surface area contributed by atoms with Crippen LogP contribution >= 0.6 is 0 Å². The number of esters is 1. The number of alkyl carbamates (subject to hydrolysis) is 1. The van der Waals surface area contributed by atoms with Crippen molar-refractivity contribution < 1.29 is 19.1 Å². The molecule has 1 amide bonds. The Morgan fingerprint density at radius 1 is 1.28 bits per heavy atom. The lowest BCUT2D eigenvalue weighted by Crippen LogP contribution is -2.36. The molecular weight excluding hydrogens is 234 g/mol. The van der Waals surface area contributed by atoms with Crippen LogP contribution in [0.4, 0.5) is 4.79 Å². The predicted molar refractivity (Wildman–Crippen MR) is 67.9 cm³/mol. The minimum Gasteiger partial charge on any atom is -0.464 e. The number of nitrogens with one attached hydrogen (secondary N) is 1. The van der Waals surface area contributed by atoms with Crippen LogP contribution in [0.2, 0.25) is 0 Å². The number of hydrogen-bond acceptors (Lipinski definition) is 4. The Hall–Kier alpha value is -1.70. The fourth-order valence-corrected chi connectivity index (χ4v) is 1.02. The highest BCUT2D eigenvalue weighted by molar-refractivity contribution is 5.77. The molecule has 0 unspecified atom stereocenters. The zero-order valence-electron chi connectivity index (χ0n) is 11.2. The Morgan fingerprint density at radius 2 is 1.94 bits per heavy atom. The van der Waals surface area contributed by atoms with Crippen molar-refractivity contribution in [3.05, 3.63) is 0 Å². The average Bonchev–Trinajstić information content (AvgIpc) is 2.24. The molecule has 0 bridgehead atoms.